The lowest BCUT2D eigenvalue weighted by Gasteiger charge is -2.40. The summed E-state index contributed by atoms with van der Waals surface area (Å²) in [5.41, 5.74) is -0.657. The molecule has 1 atom stereocenters. The zero-order valence-electron chi connectivity index (χ0n) is 14.5. The molecule has 0 spiro atoms. The Bertz CT molecular complexity index is 491. The smallest absolute Gasteiger partial charge is 0.239 e. The molecule has 6 nitrogen and oxygen atoms in total. The average Bonchev–Trinajstić information content (AvgIpc) is 3.01. The van der Waals surface area contributed by atoms with Crippen molar-refractivity contribution in [3.63, 3.8) is 0 Å². The van der Waals surface area contributed by atoms with Gasteiger partial charge in [0.1, 0.15) is 5.54 Å². The highest BCUT2D eigenvalue weighted by atomic mass is 16.2. The van der Waals surface area contributed by atoms with Crippen LogP contribution in [0.15, 0.2) is 0 Å². The molecule has 6 heteroatoms. The molecule has 1 aliphatic carbocycles. The molecule has 1 heterocycles. The van der Waals surface area contributed by atoms with Crippen molar-refractivity contribution < 1.29 is 9.59 Å². The number of likely N-dealkylation sites (N-methyl/N-ethyl adjacent to an activating group) is 2. The van der Waals surface area contributed by atoms with Crippen molar-refractivity contribution >= 4 is 11.8 Å². The van der Waals surface area contributed by atoms with Crippen LogP contribution in [0, 0.1) is 11.3 Å². The first-order chi connectivity index (χ1) is 10.9. The van der Waals surface area contributed by atoms with Gasteiger partial charge < -0.3 is 9.80 Å². The lowest BCUT2D eigenvalue weighted by atomic mass is 9.81. The number of rotatable bonds is 4. The van der Waals surface area contributed by atoms with Gasteiger partial charge in [0.25, 0.3) is 0 Å². The van der Waals surface area contributed by atoms with Gasteiger partial charge in [-0.05, 0) is 32.2 Å². The molecule has 0 aromatic heterocycles. The van der Waals surface area contributed by atoms with Gasteiger partial charge in [-0.2, -0.15) is 5.26 Å². The third-order valence-electron chi connectivity index (χ3n) is 5.33. The molecular weight excluding hydrogens is 292 g/mol. The van der Waals surface area contributed by atoms with E-state index in [2.05, 4.69) is 6.07 Å². The van der Waals surface area contributed by atoms with E-state index in [-0.39, 0.29) is 24.4 Å². The predicted molar refractivity (Wildman–Crippen MR) is 87.5 cm³/mol. The van der Waals surface area contributed by atoms with E-state index < -0.39 is 5.54 Å². The molecule has 1 aliphatic heterocycles. The predicted octanol–water partition coefficient (Wildman–Crippen LogP) is 1.22. The van der Waals surface area contributed by atoms with Gasteiger partial charge in [0.05, 0.1) is 18.7 Å². The molecule has 1 saturated heterocycles. The minimum atomic E-state index is -0.657. The molecule has 2 amide bonds. The number of amides is 2. The van der Waals surface area contributed by atoms with Crippen molar-refractivity contribution in [3.05, 3.63) is 0 Å². The summed E-state index contributed by atoms with van der Waals surface area (Å²) in [7, 11) is 5.24. The normalized spacial score (nSPS) is 24.0. The minimum absolute atomic E-state index is 0.0492. The van der Waals surface area contributed by atoms with Crippen LogP contribution in [0.3, 0.4) is 0 Å². The average molecular weight is 320 g/mol. The molecule has 23 heavy (non-hydrogen) atoms. The number of hydrogen-bond donors (Lipinski definition) is 0. The lowest BCUT2D eigenvalue weighted by Crippen LogP contribution is -2.54. The van der Waals surface area contributed by atoms with E-state index in [9.17, 15) is 14.9 Å². The number of hydrogen-bond acceptors (Lipinski definition) is 4. The summed E-state index contributed by atoms with van der Waals surface area (Å²) < 4.78 is 0. The first-order valence-corrected chi connectivity index (χ1v) is 8.54. The monoisotopic (exact) mass is 320 g/mol. The van der Waals surface area contributed by atoms with Gasteiger partial charge >= 0.3 is 0 Å². The lowest BCUT2D eigenvalue weighted by molar-refractivity contribution is -0.139. The standard InChI is InChI=1S/C17H28N4O2/c1-19(2)16(23)14-8-7-11-21(14)12-15(22)20(3)17(13-18)9-5-4-6-10-17/h14H,4-12H2,1-3H3. The molecular formula is C17H28N4O2. The number of nitriles is 1. The third-order valence-corrected chi connectivity index (χ3v) is 5.33. The van der Waals surface area contributed by atoms with E-state index in [1.807, 2.05) is 4.90 Å². The summed E-state index contributed by atoms with van der Waals surface area (Å²) in [5, 5.41) is 9.62. The Morgan fingerprint density at radius 1 is 1.17 bits per heavy atom. The Labute approximate surface area is 139 Å². The maximum absolute atomic E-state index is 12.7. The summed E-state index contributed by atoms with van der Waals surface area (Å²) in [6.45, 7) is 0.994. The SMILES string of the molecule is CN(C)C(=O)C1CCCN1CC(=O)N(C)C1(C#N)CCCCC1. The summed E-state index contributed by atoms with van der Waals surface area (Å²) in [5.74, 6) is 0.0116. The fourth-order valence-electron chi connectivity index (χ4n) is 3.77. The molecule has 128 valence electrons. The Morgan fingerprint density at radius 3 is 2.39 bits per heavy atom. The van der Waals surface area contributed by atoms with Gasteiger partial charge in [0.2, 0.25) is 11.8 Å². The van der Waals surface area contributed by atoms with Crippen LogP contribution in [-0.2, 0) is 9.59 Å². The van der Waals surface area contributed by atoms with E-state index in [1.165, 1.54) is 0 Å². The zero-order chi connectivity index (χ0) is 17.0. The van der Waals surface area contributed by atoms with E-state index in [4.69, 9.17) is 0 Å². The zero-order valence-corrected chi connectivity index (χ0v) is 14.5. The number of carbonyl (C=O) groups excluding carboxylic acids is 2. The first-order valence-electron chi connectivity index (χ1n) is 8.54. The Kier molecular flexibility index (Phi) is 5.64. The second kappa shape index (κ2) is 7.31. The van der Waals surface area contributed by atoms with Crippen molar-refractivity contribution in [2.24, 2.45) is 0 Å². The largest absolute Gasteiger partial charge is 0.347 e. The highest BCUT2D eigenvalue weighted by Gasteiger charge is 2.40. The fourth-order valence-corrected chi connectivity index (χ4v) is 3.77. The maximum atomic E-state index is 12.7. The topological polar surface area (TPSA) is 67.7 Å². The Balaban J connectivity index is 2.03. The van der Waals surface area contributed by atoms with Crippen LogP contribution in [0.25, 0.3) is 0 Å². The van der Waals surface area contributed by atoms with E-state index >= 15 is 0 Å². The number of carbonyl (C=O) groups is 2. The molecule has 0 aromatic carbocycles. The molecule has 1 saturated carbocycles. The molecule has 0 N–H and O–H groups in total. The van der Waals surface area contributed by atoms with Crippen LogP contribution >= 0.6 is 0 Å². The number of likely N-dealkylation sites (tertiary alicyclic amines) is 1. The van der Waals surface area contributed by atoms with Gasteiger partial charge in [-0.15, -0.1) is 0 Å². The van der Waals surface area contributed by atoms with E-state index in [1.54, 1.807) is 30.9 Å². The number of nitrogens with zero attached hydrogens (tertiary/aromatic N) is 4. The van der Waals surface area contributed by atoms with E-state index in [0.717, 1.165) is 51.5 Å². The molecule has 0 aromatic rings. The second-order valence-corrected chi connectivity index (χ2v) is 7.02. The molecule has 2 aliphatic rings. The quantitative estimate of drug-likeness (QED) is 0.781. The second-order valence-electron chi connectivity index (χ2n) is 7.02. The van der Waals surface area contributed by atoms with Gasteiger partial charge in [-0.25, -0.2) is 0 Å². The minimum Gasteiger partial charge on any atom is -0.347 e. The van der Waals surface area contributed by atoms with Crippen LogP contribution in [-0.4, -0.2) is 72.3 Å². The van der Waals surface area contributed by atoms with Crippen LogP contribution in [0.2, 0.25) is 0 Å². The molecule has 1 unspecified atom stereocenters. The molecule has 0 radical (unpaired) electrons. The summed E-state index contributed by atoms with van der Waals surface area (Å²) >= 11 is 0. The van der Waals surface area contributed by atoms with E-state index in [0.29, 0.717) is 0 Å². The summed E-state index contributed by atoms with van der Waals surface area (Å²) in [6.07, 6.45) is 6.38. The highest BCUT2D eigenvalue weighted by Crippen LogP contribution is 2.32. The fraction of sp³-hybridized carbons (Fsp3) is 0.824. The van der Waals surface area contributed by atoms with Gasteiger partial charge in [-0.1, -0.05) is 19.3 Å². The highest BCUT2D eigenvalue weighted by molar-refractivity contribution is 5.84. The van der Waals surface area contributed by atoms with Gasteiger partial charge in [-0.3, -0.25) is 14.5 Å². The van der Waals surface area contributed by atoms with Crippen molar-refractivity contribution in [2.45, 2.75) is 56.5 Å². The van der Waals surface area contributed by atoms with Gasteiger partial charge in [0.15, 0.2) is 0 Å². The Hall–Kier alpha value is -1.61. The van der Waals surface area contributed by atoms with Crippen LogP contribution in [0.1, 0.15) is 44.9 Å². The van der Waals surface area contributed by atoms with Crippen LogP contribution < -0.4 is 0 Å². The van der Waals surface area contributed by atoms with Crippen LogP contribution in [0.4, 0.5) is 0 Å². The first kappa shape index (κ1) is 17.7. The summed E-state index contributed by atoms with van der Waals surface area (Å²) in [4.78, 5) is 30.1. The van der Waals surface area contributed by atoms with Gasteiger partial charge in [0, 0.05) is 21.1 Å². The summed E-state index contributed by atoms with van der Waals surface area (Å²) in [6, 6.07) is 2.18. The molecule has 0 bridgehead atoms. The Morgan fingerprint density at radius 2 is 1.83 bits per heavy atom. The molecule has 2 fully saturated rings. The van der Waals surface area contributed by atoms with Crippen LogP contribution in [0.5, 0.6) is 0 Å². The van der Waals surface area contributed by atoms with Crippen molar-refractivity contribution in [2.75, 3.05) is 34.2 Å². The van der Waals surface area contributed by atoms with Crippen molar-refractivity contribution in [1.29, 1.82) is 5.26 Å². The third kappa shape index (κ3) is 3.66. The molecule has 2 rings (SSSR count). The van der Waals surface area contributed by atoms with Crippen molar-refractivity contribution in [3.8, 4) is 6.07 Å². The maximum Gasteiger partial charge on any atom is 0.239 e. The van der Waals surface area contributed by atoms with Crippen molar-refractivity contribution in [1.82, 2.24) is 14.7 Å².